The number of sulfonamides is 1. The van der Waals surface area contributed by atoms with Gasteiger partial charge in [-0.3, -0.25) is 4.84 Å². The van der Waals surface area contributed by atoms with Gasteiger partial charge in [-0.1, -0.05) is 20.8 Å². The van der Waals surface area contributed by atoms with Crippen LogP contribution >= 0.6 is 15.9 Å². The van der Waals surface area contributed by atoms with Gasteiger partial charge in [0.1, 0.15) is 0 Å². The summed E-state index contributed by atoms with van der Waals surface area (Å²) in [5.74, 6) is 0. The largest absolute Gasteiger partial charge is 0.287 e. The van der Waals surface area contributed by atoms with Gasteiger partial charge < -0.3 is 0 Å². The van der Waals surface area contributed by atoms with Gasteiger partial charge in [0.05, 0.1) is 11.5 Å². The third-order valence-electron chi connectivity index (χ3n) is 1.75. The summed E-state index contributed by atoms with van der Waals surface area (Å²) < 4.78 is 24.1. The molecule has 0 saturated heterocycles. The minimum atomic E-state index is -3.55. The molecule has 0 spiro atoms. The smallest absolute Gasteiger partial charge is 0.262 e. The van der Waals surface area contributed by atoms with E-state index in [0.29, 0.717) is 0 Å². The van der Waals surface area contributed by atoms with E-state index in [1.807, 2.05) is 11.8 Å². The number of hydrogen-bond donors (Lipinski definition) is 1. The zero-order valence-corrected chi connectivity index (χ0v) is 10.9. The Kier molecular flexibility index (Phi) is 4.27. The van der Waals surface area contributed by atoms with Crippen LogP contribution in [0.2, 0.25) is 0 Å². The summed E-state index contributed by atoms with van der Waals surface area (Å²) in [6, 6.07) is 4.78. The maximum Gasteiger partial charge on any atom is 0.262 e. The average Bonchev–Trinajstić information content (AvgIpc) is 2.19. The first-order valence-corrected chi connectivity index (χ1v) is 6.64. The van der Waals surface area contributed by atoms with Gasteiger partial charge in [-0.25, -0.2) is 8.42 Å². The highest BCUT2D eigenvalue weighted by molar-refractivity contribution is 9.10. The van der Waals surface area contributed by atoms with Crippen LogP contribution in [-0.2, 0) is 14.9 Å². The van der Waals surface area contributed by atoms with Gasteiger partial charge in [0.25, 0.3) is 10.0 Å². The molecule has 0 aliphatic heterocycles. The van der Waals surface area contributed by atoms with Crippen LogP contribution in [0.5, 0.6) is 0 Å². The van der Waals surface area contributed by atoms with Crippen molar-refractivity contribution in [3.8, 4) is 0 Å². The van der Waals surface area contributed by atoms with Crippen LogP contribution in [0.4, 0.5) is 0 Å². The Morgan fingerprint density at radius 2 is 2.13 bits per heavy atom. The van der Waals surface area contributed by atoms with Gasteiger partial charge in [-0.2, -0.15) is 0 Å². The van der Waals surface area contributed by atoms with Gasteiger partial charge >= 0.3 is 0 Å². The average molecular weight is 294 g/mol. The predicted molar refractivity (Wildman–Crippen MR) is 60.8 cm³/mol. The number of benzene rings is 1. The molecule has 0 fully saturated rings. The van der Waals surface area contributed by atoms with E-state index >= 15 is 0 Å². The second kappa shape index (κ2) is 5.07. The SMILES string of the molecule is CCONS(=O)(=O)c1ccc(Br)c(C)c1. The normalized spacial score (nSPS) is 11.7. The molecule has 0 amide bonds. The zero-order valence-electron chi connectivity index (χ0n) is 8.45. The quantitative estimate of drug-likeness (QED) is 0.864. The van der Waals surface area contributed by atoms with E-state index in [9.17, 15) is 8.42 Å². The van der Waals surface area contributed by atoms with Crippen molar-refractivity contribution in [2.24, 2.45) is 0 Å². The molecule has 1 aromatic rings. The zero-order chi connectivity index (χ0) is 11.5. The molecule has 1 aromatic carbocycles. The van der Waals surface area contributed by atoms with E-state index in [1.54, 1.807) is 19.1 Å². The highest BCUT2D eigenvalue weighted by Gasteiger charge is 2.14. The van der Waals surface area contributed by atoms with Gasteiger partial charge in [-0.15, -0.1) is 0 Å². The Bertz CT molecular complexity index is 445. The van der Waals surface area contributed by atoms with Gasteiger partial charge in [0.15, 0.2) is 0 Å². The molecular weight excluding hydrogens is 282 g/mol. The number of hydrogen-bond acceptors (Lipinski definition) is 3. The minimum absolute atomic E-state index is 0.191. The van der Waals surface area contributed by atoms with Crippen LogP contribution in [0.1, 0.15) is 12.5 Å². The van der Waals surface area contributed by atoms with Crippen molar-refractivity contribution < 1.29 is 13.3 Å². The Hall–Kier alpha value is -0.430. The van der Waals surface area contributed by atoms with Crippen molar-refractivity contribution >= 4 is 26.0 Å². The second-order valence-electron chi connectivity index (χ2n) is 2.93. The van der Waals surface area contributed by atoms with Crippen LogP contribution < -0.4 is 4.89 Å². The lowest BCUT2D eigenvalue weighted by atomic mass is 10.2. The lowest BCUT2D eigenvalue weighted by Crippen LogP contribution is -2.24. The summed E-state index contributed by atoms with van der Waals surface area (Å²) >= 11 is 3.30. The first-order chi connectivity index (χ1) is 6.97. The van der Waals surface area contributed by atoms with Crippen LogP contribution in [0.25, 0.3) is 0 Å². The van der Waals surface area contributed by atoms with Crippen molar-refractivity contribution in [1.82, 2.24) is 4.89 Å². The molecule has 0 aliphatic rings. The van der Waals surface area contributed by atoms with Gasteiger partial charge in [-0.05, 0) is 37.6 Å². The number of nitrogens with one attached hydrogen (secondary N) is 1. The Labute approximate surface area is 97.8 Å². The third-order valence-corrected chi connectivity index (χ3v) is 3.85. The standard InChI is InChI=1S/C9H12BrNO3S/c1-3-14-11-15(12,13)8-4-5-9(10)7(2)6-8/h4-6,11H,3H2,1-2H3. The summed E-state index contributed by atoms with van der Waals surface area (Å²) in [5.41, 5.74) is 0.856. The summed E-state index contributed by atoms with van der Waals surface area (Å²) in [6.07, 6.45) is 0. The topological polar surface area (TPSA) is 55.4 Å². The second-order valence-corrected chi connectivity index (χ2v) is 5.43. The van der Waals surface area contributed by atoms with Crippen molar-refractivity contribution in [1.29, 1.82) is 0 Å². The highest BCUT2D eigenvalue weighted by atomic mass is 79.9. The van der Waals surface area contributed by atoms with E-state index in [1.165, 1.54) is 6.07 Å². The number of rotatable bonds is 4. The predicted octanol–water partition coefficient (Wildman–Crippen LogP) is 1.99. The monoisotopic (exact) mass is 293 g/mol. The lowest BCUT2D eigenvalue weighted by Gasteiger charge is -2.06. The van der Waals surface area contributed by atoms with Gasteiger partial charge in [0.2, 0.25) is 0 Å². The molecule has 1 N–H and O–H groups in total. The van der Waals surface area contributed by atoms with E-state index in [2.05, 4.69) is 20.8 Å². The lowest BCUT2D eigenvalue weighted by molar-refractivity contribution is 0.105. The van der Waals surface area contributed by atoms with Crippen LogP contribution in [0, 0.1) is 6.92 Å². The molecule has 1 rings (SSSR count). The van der Waals surface area contributed by atoms with Crippen LogP contribution in [-0.4, -0.2) is 15.0 Å². The molecule has 15 heavy (non-hydrogen) atoms. The summed E-state index contributed by atoms with van der Waals surface area (Å²) in [5, 5.41) is 0. The first kappa shape index (κ1) is 12.6. The van der Waals surface area contributed by atoms with E-state index in [-0.39, 0.29) is 11.5 Å². The first-order valence-electron chi connectivity index (χ1n) is 4.37. The molecular formula is C9H12BrNO3S. The summed E-state index contributed by atoms with van der Waals surface area (Å²) in [4.78, 5) is 6.89. The molecule has 0 saturated carbocycles. The fraction of sp³-hybridized carbons (Fsp3) is 0.333. The molecule has 0 atom stereocenters. The maximum atomic E-state index is 11.6. The third kappa shape index (κ3) is 3.27. The molecule has 0 unspecified atom stereocenters. The van der Waals surface area contributed by atoms with E-state index in [0.717, 1.165) is 10.0 Å². The summed E-state index contributed by atoms with van der Waals surface area (Å²) in [6.45, 7) is 3.81. The van der Waals surface area contributed by atoms with Crippen LogP contribution in [0.3, 0.4) is 0 Å². The molecule has 4 nitrogen and oxygen atoms in total. The molecule has 0 aromatic heterocycles. The van der Waals surface area contributed by atoms with E-state index in [4.69, 9.17) is 0 Å². The molecule has 6 heteroatoms. The van der Waals surface area contributed by atoms with Crippen molar-refractivity contribution in [2.75, 3.05) is 6.61 Å². The number of aryl methyl sites for hydroxylation is 1. The van der Waals surface area contributed by atoms with Crippen molar-refractivity contribution in [2.45, 2.75) is 18.7 Å². The number of halogens is 1. The maximum absolute atomic E-state index is 11.6. The Morgan fingerprint density at radius 1 is 1.47 bits per heavy atom. The molecule has 0 radical (unpaired) electrons. The molecule has 84 valence electrons. The Morgan fingerprint density at radius 3 is 2.67 bits per heavy atom. The van der Waals surface area contributed by atoms with E-state index < -0.39 is 10.0 Å². The summed E-state index contributed by atoms with van der Waals surface area (Å²) in [7, 11) is -3.55. The van der Waals surface area contributed by atoms with Crippen molar-refractivity contribution in [3.63, 3.8) is 0 Å². The minimum Gasteiger partial charge on any atom is -0.287 e. The highest BCUT2D eigenvalue weighted by Crippen LogP contribution is 2.19. The Balaban J connectivity index is 3.00. The van der Waals surface area contributed by atoms with Crippen molar-refractivity contribution in [3.05, 3.63) is 28.2 Å². The molecule has 0 bridgehead atoms. The molecule has 0 heterocycles. The fourth-order valence-electron chi connectivity index (χ4n) is 0.969. The van der Waals surface area contributed by atoms with Gasteiger partial charge in [0, 0.05) is 4.47 Å². The molecule has 0 aliphatic carbocycles. The van der Waals surface area contributed by atoms with Crippen LogP contribution in [0.15, 0.2) is 27.6 Å². The fourth-order valence-corrected chi connectivity index (χ4v) is 2.16.